The van der Waals surface area contributed by atoms with E-state index < -0.39 is 0 Å². The highest BCUT2D eigenvalue weighted by Gasteiger charge is 2.11. The summed E-state index contributed by atoms with van der Waals surface area (Å²) in [5.74, 6) is 0.0199. The van der Waals surface area contributed by atoms with Crippen molar-refractivity contribution >= 4 is 0 Å². The third kappa shape index (κ3) is 4.44. The number of likely N-dealkylation sites (N-methyl/N-ethyl adjacent to an activating group) is 1. The first kappa shape index (κ1) is 14.7. The molecule has 2 nitrogen and oxygen atoms in total. The standard InChI is InChI=1S/C17H20FNO/c1-19-11-16(15-7-9-17(18)10-8-15)13-20-12-14-5-3-2-4-6-14/h2-10,16,19H,11-13H2,1H3. The summed E-state index contributed by atoms with van der Waals surface area (Å²) in [5.41, 5.74) is 2.25. The van der Waals surface area contributed by atoms with Crippen LogP contribution in [0, 0.1) is 5.82 Å². The molecule has 0 aromatic heterocycles. The van der Waals surface area contributed by atoms with Crippen molar-refractivity contribution in [1.82, 2.24) is 5.32 Å². The third-order valence-corrected chi connectivity index (χ3v) is 3.22. The first-order chi connectivity index (χ1) is 9.79. The summed E-state index contributed by atoms with van der Waals surface area (Å²) in [6.45, 7) is 2.02. The van der Waals surface area contributed by atoms with Crippen LogP contribution in [0.5, 0.6) is 0 Å². The SMILES string of the molecule is CNCC(COCc1ccccc1)c1ccc(F)cc1. The lowest BCUT2D eigenvalue weighted by Crippen LogP contribution is -2.21. The first-order valence-electron chi connectivity index (χ1n) is 6.81. The van der Waals surface area contributed by atoms with Crippen LogP contribution in [0.25, 0.3) is 0 Å². The number of rotatable bonds is 7. The normalized spacial score (nSPS) is 12.3. The van der Waals surface area contributed by atoms with Crippen LogP contribution in [-0.4, -0.2) is 20.2 Å². The van der Waals surface area contributed by atoms with Crippen LogP contribution in [0.1, 0.15) is 17.0 Å². The molecule has 0 amide bonds. The first-order valence-corrected chi connectivity index (χ1v) is 6.81. The molecule has 0 saturated carbocycles. The van der Waals surface area contributed by atoms with E-state index in [-0.39, 0.29) is 11.7 Å². The quantitative estimate of drug-likeness (QED) is 0.835. The Morgan fingerprint density at radius 1 is 1.05 bits per heavy atom. The molecular weight excluding hydrogens is 253 g/mol. The van der Waals surface area contributed by atoms with Gasteiger partial charge in [0.05, 0.1) is 13.2 Å². The summed E-state index contributed by atoms with van der Waals surface area (Å²) in [4.78, 5) is 0. The van der Waals surface area contributed by atoms with Gasteiger partial charge in [-0.15, -0.1) is 0 Å². The molecule has 2 aromatic carbocycles. The maximum absolute atomic E-state index is 13.0. The molecule has 0 saturated heterocycles. The van der Waals surface area contributed by atoms with Gasteiger partial charge in [-0.25, -0.2) is 4.39 Å². The van der Waals surface area contributed by atoms with Crippen LogP contribution >= 0.6 is 0 Å². The number of halogens is 1. The van der Waals surface area contributed by atoms with E-state index >= 15 is 0 Å². The fourth-order valence-corrected chi connectivity index (χ4v) is 2.15. The molecule has 106 valence electrons. The molecule has 1 atom stereocenters. The molecule has 3 heteroatoms. The number of ether oxygens (including phenoxy) is 1. The maximum atomic E-state index is 13.0. The van der Waals surface area contributed by atoms with Gasteiger partial charge in [-0.2, -0.15) is 0 Å². The lowest BCUT2D eigenvalue weighted by atomic mass is 10.00. The minimum Gasteiger partial charge on any atom is -0.376 e. The van der Waals surface area contributed by atoms with Crippen LogP contribution in [0.2, 0.25) is 0 Å². The Hall–Kier alpha value is -1.71. The van der Waals surface area contributed by atoms with Crippen LogP contribution in [-0.2, 0) is 11.3 Å². The summed E-state index contributed by atoms with van der Waals surface area (Å²) in [5, 5.41) is 3.16. The summed E-state index contributed by atoms with van der Waals surface area (Å²) in [6, 6.07) is 16.7. The molecular formula is C17H20FNO. The average Bonchev–Trinajstić information content (AvgIpc) is 2.48. The van der Waals surface area contributed by atoms with E-state index in [0.717, 1.165) is 17.7 Å². The van der Waals surface area contributed by atoms with Crippen molar-refractivity contribution in [2.75, 3.05) is 20.2 Å². The molecule has 1 unspecified atom stereocenters. The van der Waals surface area contributed by atoms with Gasteiger partial charge in [-0.1, -0.05) is 42.5 Å². The average molecular weight is 273 g/mol. The van der Waals surface area contributed by atoms with Crippen molar-refractivity contribution in [2.24, 2.45) is 0 Å². The second kappa shape index (κ2) is 7.78. The van der Waals surface area contributed by atoms with Gasteiger partial charge >= 0.3 is 0 Å². The monoisotopic (exact) mass is 273 g/mol. The molecule has 2 rings (SSSR count). The number of nitrogens with one attached hydrogen (secondary N) is 1. The molecule has 1 N–H and O–H groups in total. The fourth-order valence-electron chi connectivity index (χ4n) is 2.15. The van der Waals surface area contributed by atoms with Gasteiger partial charge in [-0.05, 0) is 30.3 Å². The van der Waals surface area contributed by atoms with Crippen LogP contribution in [0.3, 0.4) is 0 Å². The topological polar surface area (TPSA) is 21.3 Å². The highest BCUT2D eigenvalue weighted by atomic mass is 19.1. The van der Waals surface area contributed by atoms with Gasteiger partial charge in [0.2, 0.25) is 0 Å². The van der Waals surface area contributed by atoms with Crippen molar-refractivity contribution < 1.29 is 9.13 Å². The van der Waals surface area contributed by atoms with Gasteiger partial charge in [0.25, 0.3) is 0 Å². The Labute approximate surface area is 119 Å². The highest BCUT2D eigenvalue weighted by Crippen LogP contribution is 2.17. The second-order valence-corrected chi connectivity index (χ2v) is 4.81. The maximum Gasteiger partial charge on any atom is 0.123 e. The summed E-state index contributed by atoms with van der Waals surface area (Å²) < 4.78 is 18.7. The van der Waals surface area contributed by atoms with Crippen molar-refractivity contribution in [3.8, 4) is 0 Å². The zero-order valence-electron chi connectivity index (χ0n) is 11.7. The molecule has 0 heterocycles. The molecule has 0 spiro atoms. The Balaban J connectivity index is 1.90. The molecule has 20 heavy (non-hydrogen) atoms. The van der Waals surface area contributed by atoms with E-state index in [1.54, 1.807) is 0 Å². The van der Waals surface area contributed by atoms with Gasteiger partial charge < -0.3 is 10.1 Å². The predicted molar refractivity (Wildman–Crippen MR) is 79.2 cm³/mol. The third-order valence-electron chi connectivity index (χ3n) is 3.22. The van der Waals surface area contributed by atoms with E-state index in [2.05, 4.69) is 5.32 Å². The van der Waals surface area contributed by atoms with Crippen molar-refractivity contribution in [1.29, 1.82) is 0 Å². The summed E-state index contributed by atoms with van der Waals surface area (Å²) >= 11 is 0. The minimum absolute atomic E-state index is 0.206. The molecule has 0 bridgehead atoms. The van der Waals surface area contributed by atoms with Gasteiger partial charge in [0.15, 0.2) is 0 Å². The fraction of sp³-hybridized carbons (Fsp3) is 0.294. The Bertz CT molecular complexity index is 498. The molecule has 0 aliphatic heterocycles. The Kier molecular flexibility index (Phi) is 5.71. The minimum atomic E-state index is -0.206. The van der Waals surface area contributed by atoms with E-state index in [1.807, 2.05) is 49.5 Å². The number of benzene rings is 2. The molecule has 0 aliphatic carbocycles. The highest BCUT2D eigenvalue weighted by molar-refractivity contribution is 5.21. The second-order valence-electron chi connectivity index (χ2n) is 4.81. The van der Waals surface area contributed by atoms with E-state index in [4.69, 9.17) is 4.74 Å². The zero-order chi connectivity index (χ0) is 14.2. The van der Waals surface area contributed by atoms with Crippen molar-refractivity contribution in [3.05, 3.63) is 71.5 Å². The summed E-state index contributed by atoms with van der Waals surface area (Å²) in [6.07, 6.45) is 0. The lowest BCUT2D eigenvalue weighted by Gasteiger charge is -2.17. The number of hydrogen-bond donors (Lipinski definition) is 1. The molecule has 0 fully saturated rings. The van der Waals surface area contributed by atoms with Gasteiger partial charge in [0.1, 0.15) is 5.82 Å². The van der Waals surface area contributed by atoms with Crippen molar-refractivity contribution in [3.63, 3.8) is 0 Å². The zero-order valence-corrected chi connectivity index (χ0v) is 11.7. The van der Waals surface area contributed by atoms with Crippen LogP contribution in [0.4, 0.5) is 4.39 Å². The van der Waals surface area contributed by atoms with Crippen LogP contribution in [0.15, 0.2) is 54.6 Å². The predicted octanol–water partition coefficient (Wildman–Crippen LogP) is 3.35. The summed E-state index contributed by atoms with van der Waals surface area (Å²) in [7, 11) is 1.91. The van der Waals surface area contributed by atoms with E-state index in [9.17, 15) is 4.39 Å². The lowest BCUT2D eigenvalue weighted by molar-refractivity contribution is 0.107. The largest absolute Gasteiger partial charge is 0.376 e. The van der Waals surface area contributed by atoms with Crippen LogP contribution < -0.4 is 5.32 Å². The van der Waals surface area contributed by atoms with E-state index in [0.29, 0.717) is 13.2 Å². The van der Waals surface area contributed by atoms with Gasteiger partial charge in [0, 0.05) is 12.5 Å². The Morgan fingerprint density at radius 3 is 2.40 bits per heavy atom. The Morgan fingerprint density at radius 2 is 1.75 bits per heavy atom. The van der Waals surface area contributed by atoms with Gasteiger partial charge in [-0.3, -0.25) is 0 Å². The molecule has 0 aliphatic rings. The smallest absolute Gasteiger partial charge is 0.123 e. The van der Waals surface area contributed by atoms with Crippen molar-refractivity contribution in [2.45, 2.75) is 12.5 Å². The molecule has 2 aromatic rings. The van der Waals surface area contributed by atoms with E-state index in [1.165, 1.54) is 12.1 Å². The number of hydrogen-bond acceptors (Lipinski definition) is 2. The molecule has 0 radical (unpaired) electrons.